The predicted octanol–water partition coefficient (Wildman–Crippen LogP) is 8.08. The van der Waals surface area contributed by atoms with Crippen molar-refractivity contribution in [3.8, 4) is 68.1 Å². The van der Waals surface area contributed by atoms with Crippen LogP contribution < -0.4 is 0 Å². The van der Waals surface area contributed by atoms with Crippen LogP contribution in [0.4, 0.5) is 8.78 Å². The SMILES string of the molecule is CS(=O)(=O)c1nccc(-c2[nH]c(-c3ccccc3)nc2-c2ccc(F)cc2)n1.Fc1ccc(-c2nc(-c3ccccc3)[nH]c2-c2ccncn2)cc1. The first-order valence-corrected chi connectivity index (χ1v) is 17.7. The van der Waals surface area contributed by atoms with Crippen LogP contribution in [0.25, 0.3) is 68.1 Å². The van der Waals surface area contributed by atoms with Crippen molar-refractivity contribution in [2.45, 2.75) is 5.16 Å². The number of benzene rings is 4. The van der Waals surface area contributed by atoms with E-state index < -0.39 is 9.84 Å². The zero-order valence-electron chi connectivity index (χ0n) is 27.4. The van der Waals surface area contributed by atoms with Crippen molar-refractivity contribution in [1.82, 2.24) is 39.9 Å². The summed E-state index contributed by atoms with van der Waals surface area (Å²) in [6.07, 6.45) is 5.61. The monoisotopic (exact) mass is 710 g/mol. The van der Waals surface area contributed by atoms with Gasteiger partial charge in [0.1, 0.15) is 29.6 Å². The lowest BCUT2D eigenvalue weighted by Gasteiger charge is -2.04. The highest BCUT2D eigenvalue weighted by molar-refractivity contribution is 7.90. The number of nitrogens with one attached hydrogen (secondary N) is 2. The van der Waals surface area contributed by atoms with Crippen molar-refractivity contribution in [1.29, 1.82) is 0 Å². The Morgan fingerprint density at radius 1 is 0.519 bits per heavy atom. The van der Waals surface area contributed by atoms with Gasteiger partial charge in [0.25, 0.3) is 0 Å². The first kappa shape index (κ1) is 33.8. The van der Waals surface area contributed by atoms with Gasteiger partial charge >= 0.3 is 0 Å². The third-order valence-corrected chi connectivity index (χ3v) is 8.66. The lowest BCUT2D eigenvalue weighted by Crippen LogP contribution is -2.04. The third kappa shape index (κ3) is 7.54. The van der Waals surface area contributed by atoms with Crippen LogP contribution in [0.15, 0.2) is 145 Å². The minimum Gasteiger partial charge on any atom is -0.336 e. The van der Waals surface area contributed by atoms with E-state index in [4.69, 9.17) is 4.98 Å². The maximum absolute atomic E-state index is 13.4. The quantitative estimate of drug-likeness (QED) is 0.158. The van der Waals surface area contributed by atoms with Crippen LogP contribution in [0.3, 0.4) is 0 Å². The Kier molecular flexibility index (Phi) is 9.50. The molecule has 0 bridgehead atoms. The van der Waals surface area contributed by atoms with E-state index in [-0.39, 0.29) is 16.8 Å². The summed E-state index contributed by atoms with van der Waals surface area (Å²) in [6, 6.07) is 34.9. The number of rotatable bonds is 7. The third-order valence-electron chi connectivity index (χ3n) is 7.80. The molecule has 52 heavy (non-hydrogen) atoms. The van der Waals surface area contributed by atoms with Gasteiger partial charge in [-0.05, 0) is 60.7 Å². The molecule has 256 valence electrons. The van der Waals surface area contributed by atoms with Crippen LogP contribution in [0.1, 0.15) is 0 Å². The summed E-state index contributed by atoms with van der Waals surface area (Å²) in [6.45, 7) is 0. The maximum atomic E-state index is 13.4. The fraction of sp³-hybridized carbons (Fsp3) is 0.0256. The maximum Gasteiger partial charge on any atom is 0.247 e. The van der Waals surface area contributed by atoms with Gasteiger partial charge < -0.3 is 9.97 Å². The van der Waals surface area contributed by atoms with Crippen LogP contribution in [0.2, 0.25) is 0 Å². The number of hydrogen-bond acceptors (Lipinski definition) is 8. The molecule has 4 aromatic carbocycles. The lowest BCUT2D eigenvalue weighted by molar-refractivity contribution is 0.593. The van der Waals surface area contributed by atoms with E-state index in [2.05, 4.69) is 34.9 Å². The van der Waals surface area contributed by atoms with Crippen LogP contribution in [-0.2, 0) is 9.84 Å². The molecule has 8 rings (SSSR count). The molecule has 0 spiro atoms. The second-order valence-corrected chi connectivity index (χ2v) is 13.4. The second-order valence-electron chi connectivity index (χ2n) is 11.5. The molecule has 13 heteroatoms. The molecule has 0 aliphatic heterocycles. The molecule has 0 fully saturated rings. The van der Waals surface area contributed by atoms with Crippen molar-refractivity contribution in [2.24, 2.45) is 0 Å². The van der Waals surface area contributed by atoms with E-state index in [0.29, 0.717) is 28.5 Å². The van der Waals surface area contributed by atoms with E-state index in [0.717, 1.165) is 45.9 Å². The van der Waals surface area contributed by atoms with Gasteiger partial charge in [-0.25, -0.2) is 47.1 Å². The number of sulfone groups is 1. The normalized spacial score (nSPS) is 11.1. The molecule has 4 aromatic heterocycles. The van der Waals surface area contributed by atoms with E-state index in [1.807, 2.05) is 66.7 Å². The highest BCUT2D eigenvalue weighted by Gasteiger charge is 2.20. The largest absolute Gasteiger partial charge is 0.336 e. The first-order chi connectivity index (χ1) is 25.2. The van der Waals surface area contributed by atoms with Gasteiger partial charge in [-0.2, -0.15) is 0 Å². The fourth-order valence-electron chi connectivity index (χ4n) is 5.31. The molecule has 10 nitrogen and oxygen atoms in total. The number of nitrogens with zero attached hydrogens (tertiary/aromatic N) is 6. The minimum absolute atomic E-state index is 0.272. The second kappa shape index (κ2) is 14.6. The molecule has 0 aliphatic rings. The van der Waals surface area contributed by atoms with E-state index in [9.17, 15) is 17.2 Å². The number of imidazole rings is 2. The Balaban J connectivity index is 0.000000164. The molecule has 0 aliphatic carbocycles. The van der Waals surface area contributed by atoms with E-state index in [1.165, 1.54) is 36.8 Å². The zero-order chi connectivity index (χ0) is 36.1. The predicted molar refractivity (Wildman–Crippen MR) is 194 cm³/mol. The molecule has 0 saturated carbocycles. The standard InChI is InChI=1S/C20H15FN4O2S.C19H13FN4/c1-28(26,27)20-22-12-11-16(23-20)18-17(13-7-9-15(21)10-8-13)24-19(25-18)14-5-3-2-4-6-14;20-15-8-6-13(7-9-15)17-18(16-10-11-21-12-22-16)24-19(23-17)14-4-2-1-3-5-14/h2-12H,1H3,(H,24,25);1-12H,(H,23,24). The Morgan fingerprint density at radius 2 is 1.00 bits per heavy atom. The molecular weight excluding hydrogens is 683 g/mol. The van der Waals surface area contributed by atoms with Crippen LogP contribution in [0.5, 0.6) is 0 Å². The van der Waals surface area contributed by atoms with Crippen molar-refractivity contribution in [3.05, 3.63) is 152 Å². The molecule has 0 atom stereocenters. The Bertz CT molecular complexity index is 2550. The molecule has 8 aromatic rings. The van der Waals surface area contributed by atoms with Gasteiger partial charge in [0.05, 0.1) is 34.2 Å². The Labute approximate surface area is 297 Å². The molecule has 4 heterocycles. The summed E-state index contributed by atoms with van der Waals surface area (Å²) >= 11 is 0. The van der Waals surface area contributed by atoms with Crippen molar-refractivity contribution in [3.63, 3.8) is 0 Å². The van der Waals surface area contributed by atoms with Crippen molar-refractivity contribution >= 4 is 9.84 Å². The smallest absolute Gasteiger partial charge is 0.247 e. The molecule has 0 radical (unpaired) electrons. The van der Waals surface area contributed by atoms with Gasteiger partial charge in [0, 0.05) is 40.9 Å². The highest BCUT2D eigenvalue weighted by atomic mass is 32.2. The van der Waals surface area contributed by atoms with Crippen LogP contribution in [-0.4, -0.2) is 54.5 Å². The number of aromatic amines is 2. The molecule has 2 N–H and O–H groups in total. The summed E-state index contributed by atoms with van der Waals surface area (Å²) in [5, 5.41) is -0.272. The van der Waals surface area contributed by atoms with E-state index >= 15 is 0 Å². The molecule has 0 amide bonds. The summed E-state index contributed by atoms with van der Waals surface area (Å²) in [5.74, 6) is 0.699. The van der Waals surface area contributed by atoms with Gasteiger partial charge in [0.15, 0.2) is 0 Å². The number of halogens is 2. The number of H-pyrrole nitrogens is 2. The van der Waals surface area contributed by atoms with Gasteiger partial charge in [-0.15, -0.1) is 0 Å². The fourth-order valence-corrected chi connectivity index (χ4v) is 5.83. The minimum atomic E-state index is -3.57. The summed E-state index contributed by atoms with van der Waals surface area (Å²) in [4.78, 5) is 32.2. The summed E-state index contributed by atoms with van der Waals surface area (Å²) < 4.78 is 50.3. The zero-order valence-corrected chi connectivity index (χ0v) is 28.3. The van der Waals surface area contributed by atoms with Gasteiger partial charge in [-0.1, -0.05) is 60.7 Å². The molecule has 0 saturated heterocycles. The van der Waals surface area contributed by atoms with Gasteiger partial charge in [0.2, 0.25) is 15.0 Å². The summed E-state index contributed by atoms with van der Waals surface area (Å²) in [5.41, 5.74) is 7.02. The first-order valence-electron chi connectivity index (χ1n) is 15.9. The highest BCUT2D eigenvalue weighted by Crippen LogP contribution is 2.33. The summed E-state index contributed by atoms with van der Waals surface area (Å²) in [7, 11) is -3.57. The number of hydrogen-bond donors (Lipinski definition) is 2. The molecule has 0 unspecified atom stereocenters. The lowest BCUT2D eigenvalue weighted by atomic mass is 10.1. The average Bonchev–Trinajstić information content (AvgIpc) is 3.83. The molecular formula is C39H28F2N8O2S. The van der Waals surface area contributed by atoms with Crippen LogP contribution >= 0.6 is 0 Å². The van der Waals surface area contributed by atoms with Crippen molar-refractivity contribution < 1.29 is 17.2 Å². The number of aromatic nitrogens is 8. The van der Waals surface area contributed by atoms with Gasteiger partial charge in [-0.3, -0.25) is 0 Å². The van der Waals surface area contributed by atoms with Crippen LogP contribution in [0, 0.1) is 11.6 Å². The topological polar surface area (TPSA) is 143 Å². The Hall–Kier alpha value is -6.73. The van der Waals surface area contributed by atoms with Crippen molar-refractivity contribution in [2.75, 3.05) is 6.26 Å². The average molecular weight is 711 g/mol. The Morgan fingerprint density at radius 3 is 1.46 bits per heavy atom. The van der Waals surface area contributed by atoms with E-state index in [1.54, 1.807) is 36.5 Å².